The van der Waals surface area contributed by atoms with Gasteiger partial charge in [0.25, 0.3) is 5.91 Å². The summed E-state index contributed by atoms with van der Waals surface area (Å²) in [6.45, 7) is 1.49. The number of hydrogen-bond acceptors (Lipinski definition) is 5. The van der Waals surface area contributed by atoms with Gasteiger partial charge in [0.1, 0.15) is 18.4 Å². The van der Waals surface area contributed by atoms with Crippen LogP contribution in [0.2, 0.25) is 0 Å². The minimum Gasteiger partial charge on any atom is -0.384 e. The minimum atomic E-state index is -0.702. The molecule has 30 heavy (non-hydrogen) atoms. The first-order chi connectivity index (χ1) is 14.3. The second kappa shape index (κ2) is 9.45. The lowest BCUT2D eigenvalue weighted by Crippen LogP contribution is -2.51. The Morgan fingerprint density at radius 1 is 1.20 bits per heavy atom. The molecule has 3 rings (SSSR count). The van der Waals surface area contributed by atoms with Crippen molar-refractivity contribution >= 4 is 41.0 Å². The highest BCUT2D eigenvalue weighted by Gasteiger charge is 2.32. The largest absolute Gasteiger partial charge is 0.384 e. The van der Waals surface area contributed by atoms with E-state index in [1.54, 1.807) is 30.3 Å². The number of amidine groups is 1. The van der Waals surface area contributed by atoms with Crippen molar-refractivity contribution < 1.29 is 14.4 Å². The fraction of sp³-hybridized carbons (Fsp3) is 0.238. The highest BCUT2D eigenvalue weighted by Crippen LogP contribution is 2.34. The first kappa shape index (κ1) is 21.4. The SMILES string of the molecule is CC(=O)N[C@H]1CSc2ccccc2N(CC(=O)NCc2ccc(C(=N)N)cc2)C1=O. The van der Waals surface area contributed by atoms with Gasteiger partial charge in [-0.25, -0.2) is 0 Å². The van der Waals surface area contributed by atoms with E-state index in [9.17, 15) is 14.4 Å². The normalized spacial score (nSPS) is 15.7. The molecule has 0 saturated carbocycles. The van der Waals surface area contributed by atoms with Crippen LogP contribution >= 0.6 is 11.8 Å². The van der Waals surface area contributed by atoms with E-state index in [4.69, 9.17) is 11.1 Å². The van der Waals surface area contributed by atoms with Gasteiger partial charge in [0.2, 0.25) is 11.8 Å². The van der Waals surface area contributed by atoms with Crippen LogP contribution in [0, 0.1) is 5.41 Å². The number of carbonyl (C=O) groups excluding carboxylic acids is 3. The van der Waals surface area contributed by atoms with Crippen LogP contribution in [0.5, 0.6) is 0 Å². The summed E-state index contributed by atoms with van der Waals surface area (Å²) in [5, 5.41) is 12.9. The number of nitrogens with two attached hydrogens (primary N) is 1. The maximum absolute atomic E-state index is 13.0. The molecule has 0 radical (unpaired) electrons. The lowest BCUT2D eigenvalue weighted by molar-refractivity contribution is -0.127. The van der Waals surface area contributed by atoms with E-state index in [1.165, 1.54) is 23.6 Å². The van der Waals surface area contributed by atoms with Crippen LogP contribution in [-0.2, 0) is 20.9 Å². The predicted molar refractivity (Wildman–Crippen MR) is 116 cm³/mol. The summed E-state index contributed by atoms with van der Waals surface area (Å²) in [6.07, 6.45) is 0. The fourth-order valence-electron chi connectivity index (χ4n) is 3.07. The topological polar surface area (TPSA) is 128 Å². The van der Waals surface area contributed by atoms with Crippen LogP contribution in [0.25, 0.3) is 0 Å². The molecule has 2 aromatic rings. The second-order valence-corrected chi connectivity index (χ2v) is 7.91. The molecular weight excluding hydrogens is 402 g/mol. The molecule has 9 heteroatoms. The van der Waals surface area contributed by atoms with Gasteiger partial charge in [0.05, 0.1) is 5.69 Å². The van der Waals surface area contributed by atoms with Gasteiger partial charge in [-0.05, 0) is 17.7 Å². The van der Waals surface area contributed by atoms with Gasteiger partial charge in [-0.15, -0.1) is 11.8 Å². The van der Waals surface area contributed by atoms with Crippen LogP contribution < -0.4 is 21.3 Å². The number of anilines is 1. The highest BCUT2D eigenvalue weighted by atomic mass is 32.2. The molecule has 1 aliphatic heterocycles. The third-order valence-corrected chi connectivity index (χ3v) is 5.72. The molecule has 0 fully saturated rings. The zero-order valence-corrected chi connectivity index (χ0v) is 17.3. The van der Waals surface area contributed by atoms with Gasteiger partial charge in [0.15, 0.2) is 0 Å². The zero-order chi connectivity index (χ0) is 21.7. The van der Waals surface area contributed by atoms with Gasteiger partial charge < -0.3 is 21.3 Å². The average molecular weight is 426 g/mol. The van der Waals surface area contributed by atoms with Crippen molar-refractivity contribution in [3.63, 3.8) is 0 Å². The summed E-state index contributed by atoms with van der Waals surface area (Å²) in [7, 11) is 0. The van der Waals surface area contributed by atoms with Crippen molar-refractivity contribution in [3.05, 3.63) is 59.7 Å². The smallest absolute Gasteiger partial charge is 0.250 e. The second-order valence-electron chi connectivity index (χ2n) is 6.84. The number of rotatable bonds is 6. The highest BCUT2D eigenvalue weighted by molar-refractivity contribution is 7.99. The number of hydrogen-bond donors (Lipinski definition) is 4. The Hall–Kier alpha value is -3.33. The number of carbonyl (C=O) groups is 3. The zero-order valence-electron chi connectivity index (χ0n) is 16.5. The monoisotopic (exact) mass is 425 g/mol. The van der Waals surface area contributed by atoms with Gasteiger partial charge in [0, 0.05) is 29.7 Å². The summed E-state index contributed by atoms with van der Waals surface area (Å²) in [5.74, 6) is -0.546. The van der Waals surface area contributed by atoms with Crippen molar-refractivity contribution in [2.24, 2.45) is 5.73 Å². The Bertz CT molecular complexity index is 977. The van der Waals surface area contributed by atoms with Crippen molar-refractivity contribution in [3.8, 4) is 0 Å². The van der Waals surface area contributed by atoms with E-state index >= 15 is 0 Å². The van der Waals surface area contributed by atoms with Gasteiger partial charge in [-0.2, -0.15) is 0 Å². The minimum absolute atomic E-state index is 0.0180. The molecule has 0 spiro atoms. The number of amides is 3. The molecule has 0 saturated heterocycles. The van der Waals surface area contributed by atoms with Gasteiger partial charge >= 0.3 is 0 Å². The molecule has 1 aliphatic rings. The molecule has 3 amide bonds. The molecule has 156 valence electrons. The van der Waals surface area contributed by atoms with E-state index in [0.29, 0.717) is 17.0 Å². The van der Waals surface area contributed by atoms with Crippen molar-refractivity contribution in [2.75, 3.05) is 17.2 Å². The third kappa shape index (κ3) is 5.18. The Labute approximate surface area is 178 Å². The molecule has 5 N–H and O–H groups in total. The number of nitrogens with one attached hydrogen (secondary N) is 3. The van der Waals surface area contributed by atoms with E-state index in [0.717, 1.165) is 10.5 Å². The van der Waals surface area contributed by atoms with E-state index < -0.39 is 6.04 Å². The number of fused-ring (bicyclic) bond motifs is 1. The Morgan fingerprint density at radius 3 is 2.57 bits per heavy atom. The van der Waals surface area contributed by atoms with Gasteiger partial charge in [-0.1, -0.05) is 36.4 Å². The summed E-state index contributed by atoms with van der Waals surface area (Å²) in [6, 6.07) is 13.7. The standard InChI is InChI=1S/C21H23N5O3S/c1-13(27)25-16-12-30-18-5-3-2-4-17(18)26(21(16)29)11-19(28)24-10-14-6-8-15(9-7-14)20(22)23/h2-9,16H,10-12H2,1H3,(H3,22,23)(H,24,28)(H,25,27)/t16-/m0/s1. The molecule has 0 unspecified atom stereocenters. The molecule has 8 nitrogen and oxygen atoms in total. The number of nitrogen functional groups attached to an aromatic ring is 1. The van der Waals surface area contributed by atoms with Crippen molar-refractivity contribution in [1.29, 1.82) is 5.41 Å². The van der Waals surface area contributed by atoms with E-state index in [-0.39, 0.29) is 36.6 Å². The number of para-hydroxylation sites is 1. The Morgan fingerprint density at radius 2 is 1.90 bits per heavy atom. The molecule has 1 atom stereocenters. The van der Waals surface area contributed by atoms with Gasteiger partial charge in [-0.3, -0.25) is 19.8 Å². The molecule has 0 aliphatic carbocycles. The number of nitrogens with zero attached hydrogens (tertiary/aromatic N) is 1. The van der Waals surface area contributed by atoms with E-state index in [1.807, 2.05) is 18.2 Å². The maximum Gasteiger partial charge on any atom is 0.250 e. The fourth-order valence-corrected chi connectivity index (χ4v) is 4.14. The first-order valence-corrected chi connectivity index (χ1v) is 10.3. The van der Waals surface area contributed by atoms with Crippen molar-refractivity contribution in [1.82, 2.24) is 10.6 Å². The van der Waals surface area contributed by atoms with E-state index in [2.05, 4.69) is 10.6 Å². The summed E-state index contributed by atoms with van der Waals surface area (Å²) < 4.78 is 0. The summed E-state index contributed by atoms with van der Waals surface area (Å²) in [4.78, 5) is 39.5. The first-order valence-electron chi connectivity index (χ1n) is 9.35. The maximum atomic E-state index is 13.0. The summed E-state index contributed by atoms with van der Waals surface area (Å²) in [5.41, 5.74) is 7.56. The predicted octanol–water partition coefficient (Wildman–Crippen LogP) is 1.23. The van der Waals surface area contributed by atoms with Crippen LogP contribution in [-0.4, -0.2) is 41.9 Å². The average Bonchev–Trinajstić information content (AvgIpc) is 2.84. The number of benzene rings is 2. The summed E-state index contributed by atoms with van der Waals surface area (Å²) >= 11 is 1.47. The molecule has 2 aromatic carbocycles. The quantitative estimate of drug-likeness (QED) is 0.409. The Balaban J connectivity index is 1.71. The third-order valence-electron chi connectivity index (χ3n) is 4.56. The molecule has 0 aromatic heterocycles. The lowest BCUT2D eigenvalue weighted by atomic mass is 10.1. The number of thioether (sulfide) groups is 1. The Kier molecular flexibility index (Phi) is 6.73. The van der Waals surface area contributed by atoms with Crippen LogP contribution in [0.1, 0.15) is 18.1 Å². The van der Waals surface area contributed by atoms with Crippen LogP contribution in [0.3, 0.4) is 0 Å². The lowest BCUT2D eigenvalue weighted by Gasteiger charge is -2.25. The van der Waals surface area contributed by atoms with Crippen LogP contribution in [0.4, 0.5) is 5.69 Å². The van der Waals surface area contributed by atoms with Crippen molar-refractivity contribution in [2.45, 2.75) is 24.4 Å². The molecule has 1 heterocycles. The molecular formula is C21H23N5O3S. The van der Waals surface area contributed by atoms with Crippen LogP contribution in [0.15, 0.2) is 53.4 Å². The molecule has 0 bridgehead atoms.